The van der Waals surface area contributed by atoms with Crippen molar-refractivity contribution in [1.82, 2.24) is 14.9 Å². The van der Waals surface area contributed by atoms with E-state index in [1.807, 2.05) is 6.07 Å². The molecule has 0 aliphatic carbocycles. The van der Waals surface area contributed by atoms with Crippen LogP contribution >= 0.6 is 46.7 Å². The summed E-state index contributed by atoms with van der Waals surface area (Å²) in [6.07, 6.45) is 0. The van der Waals surface area contributed by atoms with Crippen LogP contribution in [0.15, 0.2) is 38.8 Å². The third kappa shape index (κ3) is 6.41. The van der Waals surface area contributed by atoms with Gasteiger partial charge in [-0.3, -0.25) is 4.99 Å². The van der Waals surface area contributed by atoms with Crippen LogP contribution in [-0.4, -0.2) is 46.4 Å². The Bertz CT molecular complexity index is 843. The number of hydrogen-bond acceptors (Lipinski definition) is 5. The number of rotatable bonds is 7. The highest BCUT2D eigenvalue weighted by Gasteiger charge is 2.22. The van der Waals surface area contributed by atoms with Gasteiger partial charge in [0.1, 0.15) is 4.21 Å². The Morgan fingerprint density at radius 3 is 2.48 bits per heavy atom. The minimum absolute atomic E-state index is 0. The molecule has 0 fully saturated rings. The molecule has 0 bridgehead atoms. The number of aliphatic imine (C=N–C) groups is 1. The molecule has 0 amide bonds. The predicted molar refractivity (Wildman–Crippen MR) is 126 cm³/mol. The van der Waals surface area contributed by atoms with E-state index in [9.17, 15) is 8.42 Å². The van der Waals surface area contributed by atoms with Crippen molar-refractivity contribution in [2.75, 3.05) is 27.7 Å². The van der Waals surface area contributed by atoms with E-state index in [0.717, 1.165) is 11.4 Å². The average molecular weight is 543 g/mol. The predicted octanol–water partition coefficient (Wildman–Crippen LogP) is 3.32. The number of nitrogens with zero attached hydrogens (tertiary/aromatic N) is 2. The van der Waals surface area contributed by atoms with Gasteiger partial charge in [-0.25, -0.2) is 12.7 Å². The molecule has 0 radical (unpaired) electrons. The van der Waals surface area contributed by atoms with E-state index in [0.29, 0.717) is 16.7 Å². The molecule has 2 N–H and O–H groups in total. The zero-order valence-electron chi connectivity index (χ0n) is 16.1. The molecular weight excluding hydrogens is 515 g/mol. The van der Waals surface area contributed by atoms with Gasteiger partial charge in [0.2, 0.25) is 0 Å². The highest BCUT2D eigenvalue weighted by Crippen LogP contribution is 2.26. The highest BCUT2D eigenvalue weighted by molar-refractivity contribution is 14.0. The Morgan fingerprint density at radius 2 is 1.93 bits per heavy atom. The topological polar surface area (TPSA) is 73.8 Å². The fourth-order valence-electron chi connectivity index (χ4n) is 2.22. The monoisotopic (exact) mass is 542 g/mol. The van der Waals surface area contributed by atoms with E-state index in [1.54, 1.807) is 24.5 Å². The Balaban J connectivity index is 0.00000364. The van der Waals surface area contributed by atoms with Crippen molar-refractivity contribution in [1.29, 1.82) is 0 Å². The van der Waals surface area contributed by atoms with E-state index in [1.165, 1.54) is 34.6 Å². The molecule has 0 spiro atoms. The van der Waals surface area contributed by atoms with Gasteiger partial charge in [-0.2, -0.15) is 0 Å². The van der Waals surface area contributed by atoms with Gasteiger partial charge in [0.25, 0.3) is 10.0 Å². The van der Waals surface area contributed by atoms with Gasteiger partial charge in [0.05, 0.1) is 6.54 Å². The molecule has 6 nitrogen and oxygen atoms in total. The second-order valence-electron chi connectivity index (χ2n) is 6.65. The molecule has 2 aromatic heterocycles. The number of guanidine groups is 1. The van der Waals surface area contributed by atoms with Gasteiger partial charge in [-0.05, 0) is 23.6 Å². The fraction of sp³-hybridized carbons (Fsp3) is 0.471. The second kappa shape index (κ2) is 10.2. The lowest BCUT2D eigenvalue weighted by atomic mass is 9.91. The van der Waals surface area contributed by atoms with Crippen LogP contribution in [0.2, 0.25) is 0 Å². The van der Waals surface area contributed by atoms with Gasteiger partial charge in [-0.15, -0.1) is 46.7 Å². The molecule has 2 heterocycles. The van der Waals surface area contributed by atoms with E-state index in [4.69, 9.17) is 0 Å². The Labute approximate surface area is 187 Å². The van der Waals surface area contributed by atoms with Crippen LogP contribution in [-0.2, 0) is 22.0 Å². The van der Waals surface area contributed by atoms with Crippen LogP contribution in [0.4, 0.5) is 0 Å². The molecule has 10 heteroatoms. The van der Waals surface area contributed by atoms with E-state index in [2.05, 4.69) is 47.0 Å². The highest BCUT2D eigenvalue weighted by atomic mass is 127. The minimum atomic E-state index is -3.38. The van der Waals surface area contributed by atoms with Crippen molar-refractivity contribution in [3.8, 4) is 0 Å². The third-order valence-electron chi connectivity index (χ3n) is 3.91. The fourth-order valence-corrected chi connectivity index (χ4v) is 5.54. The molecule has 0 aliphatic rings. The summed E-state index contributed by atoms with van der Waals surface area (Å²) in [5.74, 6) is 0.694. The van der Waals surface area contributed by atoms with Crippen molar-refractivity contribution in [2.24, 2.45) is 4.99 Å². The SMILES string of the molecule is CN=C(NCc1ccc(S(=O)(=O)N(C)C)s1)NCC(C)(C)c1cccs1.I. The summed E-state index contributed by atoms with van der Waals surface area (Å²) >= 11 is 3.02. The number of hydrogen-bond donors (Lipinski definition) is 2. The number of halogens is 1. The molecule has 0 aromatic carbocycles. The zero-order chi connectivity index (χ0) is 19.4. The molecular formula is C17H27IN4O2S3. The zero-order valence-corrected chi connectivity index (χ0v) is 20.9. The standard InChI is InChI=1S/C17H26N4O2S3.HI/c1-17(2,14-7-6-10-24-14)12-20-16(18-3)19-11-13-8-9-15(25-13)26(22,23)21(4)5;/h6-10H,11-12H2,1-5H3,(H2,18,19,20);1H. The minimum Gasteiger partial charge on any atom is -0.356 e. The average Bonchev–Trinajstić information content (AvgIpc) is 3.27. The molecule has 27 heavy (non-hydrogen) atoms. The van der Waals surface area contributed by atoms with Crippen LogP contribution in [0, 0.1) is 0 Å². The number of sulfonamides is 1. The summed E-state index contributed by atoms with van der Waals surface area (Å²) in [5, 5.41) is 8.67. The lowest BCUT2D eigenvalue weighted by molar-refractivity contribution is 0.518. The van der Waals surface area contributed by atoms with E-state index < -0.39 is 10.0 Å². The van der Waals surface area contributed by atoms with Gasteiger partial charge in [0.15, 0.2) is 5.96 Å². The lowest BCUT2D eigenvalue weighted by Gasteiger charge is -2.25. The first-order chi connectivity index (χ1) is 12.2. The maximum atomic E-state index is 12.1. The molecule has 0 saturated heterocycles. The van der Waals surface area contributed by atoms with Crippen LogP contribution in [0.25, 0.3) is 0 Å². The summed E-state index contributed by atoms with van der Waals surface area (Å²) < 4.78 is 25.9. The lowest BCUT2D eigenvalue weighted by Crippen LogP contribution is -2.42. The maximum Gasteiger partial charge on any atom is 0.252 e. The summed E-state index contributed by atoms with van der Waals surface area (Å²) in [4.78, 5) is 6.50. The van der Waals surface area contributed by atoms with Crippen LogP contribution in [0.3, 0.4) is 0 Å². The number of nitrogens with one attached hydrogen (secondary N) is 2. The number of thiophene rings is 2. The van der Waals surface area contributed by atoms with Crippen molar-refractivity contribution < 1.29 is 8.42 Å². The van der Waals surface area contributed by atoms with Crippen LogP contribution in [0.5, 0.6) is 0 Å². The van der Waals surface area contributed by atoms with Crippen molar-refractivity contribution in [2.45, 2.75) is 30.0 Å². The smallest absolute Gasteiger partial charge is 0.252 e. The first-order valence-corrected chi connectivity index (χ1v) is 11.3. The van der Waals surface area contributed by atoms with Gasteiger partial charge < -0.3 is 10.6 Å². The Morgan fingerprint density at radius 1 is 1.22 bits per heavy atom. The van der Waals surface area contributed by atoms with Crippen LogP contribution in [0.1, 0.15) is 23.6 Å². The molecule has 152 valence electrons. The van der Waals surface area contributed by atoms with Crippen molar-refractivity contribution >= 4 is 62.6 Å². The molecule has 0 atom stereocenters. The third-order valence-corrected chi connectivity index (χ3v) is 8.52. The Kier molecular flexibility index (Phi) is 9.19. The van der Waals surface area contributed by atoms with E-state index >= 15 is 0 Å². The van der Waals surface area contributed by atoms with Crippen molar-refractivity contribution in [3.05, 3.63) is 39.4 Å². The van der Waals surface area contributed by atoms with Gasteiger partial charge >= 0.3 is 0 Å². The molecule has 0 aliphatic heterocycles. The normalized spacial score (nSPS) is 12.7. The summed E-state index contributed by atoms with van der Waals surface area (Å²) in [6, 6.07) is 7.68. The quantitative estimate of drug-likeness (QED) is 0.320. The first-order valence-electron chi connectivity index (χ1n) is 8.16. The van der Waals surface area contributed by atoms with Crippen LogP contribution < -0.4 is 10.6 Å². The van der Waals surface area contributed by atoms with E-state index in [-0.39, 0.29) is 29.4 Å². The van der Waals surface area contributed by atoms with Gasteiger partial charge in [-0.1, -0.05) is 19.9 Å². The summed E-state index contributed by atoms with van der Waals surface area (Å²) in [6.45, 7) is 5.65. The maximum absolute atomic E-state index is 12.1. The Hall–Kier alpha value is -0.690. The molecule has 2 rings (SSSR count). The molecule has 2 aromatic rings. The summed E-state index contributed by atoms with van der Waals surface area (Å²) in [7, 11) is 1.42. The van der Waals surface area contributed by atoms with Gasteiger partial charge in [0, 0.05) is 42.9 Å². The largest absolute Gasteiger partial charge is 0.356 e. The summed E-state index contributed by atoms with van der Waals surface area (Å²) in [5.41, 5.74) is 0.00166. The van der Waals surface area contributed by atoms with Crippen molar-refractivity contribution in [3.63, 3.8) is 0 Å². The second-order valence-corrected chi connectivity index (χ2v) is 11.1. The molecule has 0 saturated carbocycles. The molecule has 0 unspecified atom stereocenters. The first kappa shape index (κ1) is 24.3.